The monoisotopic (exact) mass is 462 g/mol. The van der Waals surface area contributed by atoms with Gasteiger partial charge in [0.15, 0.2) is 11.5 Å². The standard InChI is InChI=1S/C25H33NO5S/c1-19(2)9-7-5-6-8-10-25(27)26-18-21-13-16-23(30-4)24(17-21)31-32(28,29)22-14-11-20(3)12-15-22/h7,9,11-17,19H,5-6,8,10,18H2,1-4H3,(H,26,27)/b9-7+/i4D3. The third kappa shape index (κ3) is 8.38. The van der Waals surface area contributed by atoms with Gasteiger partial charge in [-0.25, -0.2) is 0 Å². The first-order valence-corrected chi connectivity index (χ1v) is 12.0. The van der Waals surface area contributed by atoms with E-state index in [1.54, 1.807) is 18.2 Å². The van der Waals surface area contributed by atoms with Crippen molar-refractivity contribution in [1.29, 1.82) is 0 Å². The van der Waals surface area contributed by atoms with E-state index in [4.69, 9.17) is 13.0 Å². The first-order valence-electron chi connectivity index (χ1n) is 12.1. The van der Waals surface area contributed by atoms with Crippen molar-refractivity contribution >= 4 is 16.0 Å². The molecule has 0 atom stereocenters. The van der Waals surface area contributed by atoms with Crippen LogP contribution in [0.25, 0.3) is 0 Å². The normalized spacial score (nSPS) is 13.4. The zero-order valence-electron chi connectivity index (χ0n) is 21.8. The van der Waals surface area contributed by atoms with Crippen LogP contribution in [0.1, 0.15) is 54.8 Å². The van der Waals surface area contributed by atoms with E-state index in [-0.39, 0.29) is 28.8 Å². The molecule has 174 valence electrons. The molecule has 0 bridgehead atoms. The number of carbonyl (C=O) groups is 1. The van der Waals surface area contributed by atoms with Crippen LogP contribution in [0.15, 0.2) is 59.5 Å². The van der Waals surface area contributed by atoms with Crippen molar-refractivity contribution in [3.63, 3.8) is 0 Å². The Hall–Kier alpha value is -2.80. The third-order valence-corrected chi connectivity index (χ3v) is 5.91. The van der Waals surface area contributed by atoms with Gasteiger partial charge in [-0.1, -0.05) is 49.8 Å². The molecule has 0 aromatic heterocycles. The van der Waals surface area contributed by atoms with Crippen molar-refractivity contribution in [1.82, 2.24) is 5.32 Å². The van der Waals surface area contributed by atoms with Crippen LogP contribution >= 0.6 is 0 Å². The van der Waals surface area contributed by atoms with E-state index < -0.39 is 17.2 Å². The average Bonchev–Trinajstić information content (AvgIpc) is 2.75. The molecule has 32 heavy (non-hydrogen) atoms. The van der Waals surface area contributed by atoms with Gasteiger partial charge in [0.1, 0.15) is 4.90 Å². The fraction of sp³-hybridized carbons (Fsp3) is 0.400. The Bertz CT molecular complexity index is 1110. The van der Waals surface area contributed by atoms with Gasteiger partial charge in [-0.3, -0.25) is 4.79 Å². The highest BCUT2D eigenvalue weighted by molar-refractivity contribution is 7.87. The molecule has 0 aliphatic rings. The molecule has 2 aromatic carbocycles. The molecule has 0 heterocycles. The van der Waals surface area contributed by atoms with Crippen LogP contribution in [0.4, 0.5) is 0 Å². The maximum Gasteiger partial charge on any atom is 0.339 e. The topological polar surface area (TPSA) is 81.7 Å². The Morgan fingerprint density at radius 1 is 1.12 bits per heavy atom. The van der Waals surface area contributed by atoms with E-state index in [1.807, 2.05) is 6.92 Å². The molecule has 0 aliphatic carbocycles. The first-order chi connectivity index (χ1) is 16.4. The molecule has 0 fully saturated rings. The predicted molar refractivity (Wildman–Crippen MR) is 126 cm³/mol. The minimum atomic E-state index is -4.24. The summed E-state index contributed by atoms with van der Waals surface area (Å²) in [5, 5.41) is 2.79. The summed E-state index contributed by atoms with van der Waals surface area (Å²) in [5.74, 6) is -0.137. The lowest BCUT2D eigenvalue weighted by Gasteiger charge is -2.13. The van der Waals surface area contributed by atoms with Crippen LogP contribution in [0.5, 0.6) is 11.5 Å². The summed E-state index contributed by atoms with van der Waals surface area (Å²) in [6.07, 6.45) is 7.22. The number of nitrogens with one attached hydrogen (secondary N) is 1. The quantitative estimate of drug-likeness (QED) is 0.268. The van der Waals surface area contributed by atoms with Gasteiger partial charge in [-0.2, -0.15) is 8.42 Å². The molecule has 0 saturated carbocycles. The van der Waals surface area contributed by atoms with Crippen LogP contribution in [0, 0.1) is 12.8 Å². The number of carbonyl (C=O) groups excluding carboxylic acids is 1. The highest BCUT2D eigenvalue weighted by atomic mass is 32.2. The number of ether oxygens (including phenoxy) is 1. The predicted octanol–water partition coefficient (Wildman–Crippen LogP) is 5.16. The van der Waals surface area contributed by atoms with Gasteiger partial charge in [0.2, 0.25) is 5.91 Å². The molecule has 2 aromatic rings. The van der Waals surface area contributed by atoms with Crippen molar-refractivity contribution in [3.8, 4) is 11.5 Å². The van der Waals surface area contributed by atoms with Gasteiger partial charge >= 0.3 is 10.1 Å². The lowest BCUT2D eigenvalue weighted by molar-refractivity contribution is -0.121. The number of unbranched alkanes of at least 4 members (excludes halogenated alkanes) is 2. The maximum absolute atomic E-state index is 12.7. The second kappa shape index (κ2) is 12.3. The SMILES string of the molecule is [2H]C([2H])([2H])Oc1ccc(CNC(=O)CCCC/C=C/C(C)C)cc1OS(=O)(=O)c1ccc(C)cc1. The van der Waals surface area contributed by atoms with Crippen molar-refractivity contribution in [2.24, 2.45) is 5.92 Å². The average molecular weight is 463 g/mol. The summed E-state index contributed by atoms with van der Waals surface area (Å²) in [4.78, 5) is 12.1. The van der Waals surface area contributed by atoms with Crippen molar-refractivity contribution in [3.05, 3.63) is 65.7 Å². The van der Waals surface area contributed by atoms with E-state index in [1.165, 1.54) is 24.3 Å². The van der Waals surface area contributed by atoms with Gasteiger partial charge in [0.05, 0.1) is 11.2 Å². The smallest absolute Gasteiger partial charge is 0.339 e. The lowest BCUT2D eigenvalue weighted by atomic mass is 10.1. The molecule has 2 rings (SSSR count). The largest absolute Gasteiger partial charge is 0.493 e. The Morgan fingerprint density at radius 2 is 1.88 bits per heavy atom. The molecule has 6 nitrogen and oxygen atoms in total. The summed E-state index contributed by atoms with van der Waals surface area (Å²) in [7, 11) is -7.04. The highest BCUT2D eigenvalue weighted by Crippen LogP contribution is 2.31. The van der Waals surface area contributed by atoms with Crippen LogP contribution < -0.4 is 14.2 Å². The first kappa shape index (κ1) is 21.1. The zero-order chi connectivity index (χ0) is 26.1. The second-order valence-electron chi connectivity index (χ2n) is 7.93. The number of hydrogen-bond acceptors (Lipinski definition) is 5. The number of rotatable bonds is 12. The molecule has 0 saturated heterocycles. The Balaban J connectivity index is 2.07. The fourth-order valence-electron chi connectivity index (χ4n) is 2.89. The molecular weight excluding hydrogens is 426 g/mol. The van der Waals surface area contributed by atoms with Gasteiger partial charge in [-0.05, 0) is 61.9 Å². The number of aryl methyl sites for hydroxylation is 1. The third-order valence-electron chi connectivity index (χ3n) is 4.66. The molecule has 0 radical (unpaired) electrons. The van der Waals surface area contributed by atoms with Crippen molar-refractivity contribution in [2.75, 3.05) is 7.04 Å². The van der Waals surface area contributed by atoms with Crippen LogP contribution in [-0.4, -0.2) is 21.4 Å². The molecule has 0 spiro atoms. The van der Waals surface area contributed by atoms with Crippen molar-refractivity contribution in [2.45, 2.75) is 57.9 Å². The summed E-state index contributed by atoms with van der Waals surface area (Å²) in [6, 6.07) is 10.3. The fourth-order valence-corrected chi connectivity index (χ4v) is 3.82. The van der Waals surface area contributed by atoms with Gasteiger partial charge in [0.25, 0.3) is 0 Å². The number of allylic oxidation sites excluding steroid dienone is 2. The van der Waals surface area contributed by atoms with E-state index in [0.717, 1.165) is 24.8 Å². The number of amides is 1. The minimum Gasteiger partial charge on any atom is -0.493 e. The Morgan fingerprint density at radius 3 is 2.56 bits per heavy atom. The highest BCUT2D eigenvalue weighted by Gasteiger charge is 2.19. The molecule has 1 amide bonds. The zero-order valence-corrected chi connectivity index (χ0v) is 19.6. The lowest BCUT2D eigenvalue weighted by Crippen LogP contribution is -2.22. The van der Waals surface area contributed by atoms with Gasteiger partial charge in [0, 0.05) is 13.0 Å². The number of methoxy groups -OCH3 is 1. The molecule has 7 heteroatoms. The Labute approximate surface area is 196 Å². The van der Waals surface area contributed by atoms with Crippen LogP contribution in [0.2, 0.25) is 0 Å². The summed E-state index contributed by atoms with van der Waals surface area (Å²) < 4.78 is 57.7. The van der Waals surface area contributed by atoms with E-state index >= 15 is 0 Å². The maximum atomic E-state index is 12.7. The van der Waals surface area contributed by atoms with E-state index in [9.17, 15) is 13.2 Å². The molecule has 0 aliphatic heterocycles. The van der Waals surface area contributed by atoms with Gasteiger partial charge < -0.3 is 14.2 Å². The summed E-state index contributed by atoms with van der Waals surface area (Å²) in [5.41, 5.74) is 1.41. The Kier molecular flexibility index (Phi) is 8.09. The number of hydrogen-bond donors (Lipinski definition) is 1. The van der Waals surface area contributed by atoms with E-state index in [2.05, 4.69) is 31.3 Å². The van der Waals surface area contributed by atoms with Crippen LogP contribution in [-0.2, 0) is 21.5 Å². The van der Waals surface area contributed by atoms with E-state index in [0.29, 0.717) is 17.9 Å². The summed E-state index contributed by atoms with van der Waals surface area (Å²) >= 11 is 0. The molecular formula is C25H33NO5S. The molecule has 0 unspecified atom stereocenters. The second-order valence-corrected chi connectivity index (χ2v) is 9.47. The molecule has 1 N–H and O–H groups in total. The minimum absolute atomic E-state index is 0.0788. The van der Waals surface area contributed by atoms with Crippen molar-refractivity contribution < 1.29 is 26.2 Å². The summed E-state index contributed by atoms with van der Waals surface area (Å²) in [6.45, 7) is 6.17. The number of benzene rings is 2. The van der Waals surface area contributed by atoms with Gasteiger partial charge in [-0.15, -0.1) is 0 Å². The van der Waals surface area contributed by atoms with Crippen LogP contribution in [0.3, 0.4) is 0 Å².